The number of hydrogen-bond donors (Lipinski definition) is 2. The summed E-state index contributed by atoms with van der Waals surface area (Å²) in [6.45, 7) is 3.81. The monoisotopic (exact) mass is 207 g/mol. The van der Waals surface area contributed by atoms with Crippen molar-refractivity contribution in [2.75, 3.05) is 0 Å². The van der Waals surface area contributed by atoms with E-state index in [4.69, 9.17) is 11.6 Å². The number of rotatable bonds is 1. The van der Waals surface area contributed by atoms with E-state index in [2.05, 4.69) is 11.9 Å². The third kappa shape index (κ3) is 1.54. The molecule has 1 unspecified atom stereocenters. The van der Waals surface area contributed by atoms with Crippen LogP contribution >= 0.6 is 11.6 Å². The van der Waals surface area contributed by atoms with Crippen LogP contribution in [0.4, 0.5) is 0 Å². The van der Waals surface area contributed by atoms with E-state index in [9.17, 15) is 5.11 Å². The molecule has 0 spiro atoms. The Balaban J connectivity index is 2.46. The Labute approximate surface area is 87.5 Å². The second kappa shape index (κ2) is 3.48. The fourth-order valence-electron chi connectivity index (χ4n) is 1.49. The molecule has 1 heterocycles. The Kier molecular flexibility index (Phi) is 2.32. The van der Waals surface area contributed by atoms with E-state index >= 15 is 0 Å². The normalized spacial score (nSPS) is 20.6. The molecule has 0 fully saturated rings. The molecule has 2 N–H and O–H groups in total. The van der Waals surface area contributed by atoms with Gasteiger partial charge < -0.3 is 10.4 Å². The van der Waals surface area contributed by atoms with Gasteiger partial charge in [-0.15, -0.1) is 0 Å². The van der Waals surface area contributed by atoms with Crippen molar-refractivity contribution in [3.8, 4) is 0 Å². The summed E-state index contributed by atoms with van der Waals surface area (Å²) in [5.41, 5.74) is 2.46. The Morgan fingerprint density at radius 2 is 2.07 bits per heavy atom. The maximum atomic E-state index is 9.33. The van der Waals surface area contributed by atoms with Gasteiger partial charge in [0.05, 0.1) is 0 Å². The maximum absolute atomic E-state index is 9.33. The number of aliphatic hydroxyl groups is 1. The van der Waals surface area contributed by atoms with Crippen LogP contribution in [-0.4, -0.2) is 11.3 Å². The lowest BCUT2D eigenvalue weighted by atomic mass is 10.1. The molecule has 0 bridgehead atoms. The minimum Gasteiger partial charge on any atom is -0.370 e. The minimum atomic E-state index is -0.659. The summed E-state index contributed by atoms with van der Waals surface area (Å²) in [5, 5.41) is 12.8. The molecule has 0 saturated heterocycles. The van der Waals surface area contributed by atoms with Gasteiger partial charge in [-0.05, 0) is 12.1 Å². The highest BCUT2D eigenvalue weighted by Crippen LogP contribution is 2.30. The third-order valence-corrected chi connectivity index (χ3v) is 2.47. The summed E-state index contributed by atoms with van der Waals surface area (Å²) >= 11 is 6.03. The van der Waals surface area contributed by atoms with E-state index < -0.39 is 6.23 Å². The van der Waals surface area contributed by atoms with Crippen LogP contribution in [-0.2, 0) is 0 Å². The van der Waals surface area contributed by atoms with Gasteiger partial charge in [-0.25, -0.2) is 0 Å². The fourth-order valence-corrected chi connectivity index (χ4v) is 1.73. The molecular formula is C11H10ClNO. The molecule has 3 heteroatoms. The Hall–Kier alpha value is -1.25. The van der Waals surface area contributed by atoms with Gasteiger partial charge in [-0.3, -0.25) is 0 Å². The zero-order chi connectivity index (χ0) is 10.1. The van der Waals surface area contributed by atoms with Crippen molar-refractivity contribution in [2.45, 2.75) is 6.23 Å². The molecule has 1 atom stereocenters. The fraction of sp³-hybridized carbons (Fsp3) is 0.0909. The number of halogens is 1. The summed E-state index contributed by atoms with van der Waals surface area (Å²) in [4.78, 5) is 0. The molecule has 0 amide bonds. The van der Waals surface area contributed by atoms with Gasteiger partial charge in [0.1, 0.15) is 6.23 Å². The lowest BCUT2D eigenvalue weighted by molar-refractivity contribution is 0.206. The van der Waals surface area contributed by atoms with Crippen LogP contribution < -0.4 is 5.32 Å². The smallest absolute Gasteiger partial charge is 0.144 e. The van der Waals surface area contributed by atoms with Crippen LogP contribution in [0.5, 0.6) is 0 Å². The van der Waals surface area contributed by atoms with Crippen LogP contribution in [0.3, 0.4) is 0 Å². The van der Waals surface area contributed by atoms with E-state index in [-0.39, 0.29) is 0 Å². The predicted molar refractivity (Wildman–Crippen MR) is 57.7 cm³/mol. The molecule has 0 aromatic heterocycles. The summed E-state index contributed by atoms with van der Waals surface area (Å²) < 4.78 is 0. The van der Waals surface area contributed by atoms with Crippen LogP contribution in [0.2, 0.25) is 5.02 Å². The molecule has 0 aliphatic carbocycles. The second-order valence-electron chi connectivity index (χ2n) is 3.13. The van der Waals surface area contributed by atoms with E-state index in [1.54, 1.807) is 6.08 Å². The van der Waals surface area contributed by atoms with Gasteiger partial charge in [0.15, 0.2) is 0 Å². The number of nitrogens with one attached hydrogen (secondary N) is 1. The summed E-state index contributed by atoms with van der Waals surface area (Å²) in [6.07, 6.45) is 1.04. The van der Waals surface area contributed by atoms with Gasteiger partial charge in [0.2, 0.25) is 0 Å². The predicted octanol–water partition coefficient (Wildman–Crippen LogP) is 2.16. The number of hydrogen-bond acceptors (Lipinski definition) is 2. The van der Waals surface area contributed by atoms with Gasteiger partial charge in [-0.2, -0.15) is 0 Å². The highest BCUT2D eigenvalue weighted by molar-refractivity contribution is 6.32. The molecule has 0 radical (unpaired) electrons. The first-order chi connectivity index (χ1) is 6.68. The number of allylic oxidation sites excluding steroid dienone is 1. The van der Waals surface area contributed by atoms with Crippen molar-refractivity contribution < 1.29 is 5.11 Å². The van der Waals surface area contributed by atoms with E-state index in [1.165, 1.54) is 0 Å². The Morgan fingerprint density at radius 3 is 2.64 bits per heavy atom. The van der Waals surface area contributed by atoms with Gasteiger partial charge in [0.25, 0.3) is 0 Å². The Bertz CT molecular complexity index is 412. The van der Waals surface area contributed by atoms with Crippen LogP contribution in [0.15, 0.2) is 42.6 Å². The van der Waals surface area contributed by atoms with Crippen molar-refractivity contribution in [1.29, 1.82) is 0 Å². The van der Waals surface area contributed by atoms with Gasteiger partial charge >= 0.3 is 0 Å². The number of benzene rings is 1. The average molecular weight is 208 g/mol. The van der Waals surface area contributed by atoms with E-state index in [0.29, 0.717) is 10.7 Å². The molecule has 0 saturated carbocycles. The second-order valence-corrected chi connectivity index (χ2v) is 3.54. The molecule has 1 aromatic rings. The Morgan fingerprint density at radius 1 is 1.36 bits per heavy atom. The molecule has 14 heavy (non-hydrogen) atoms. The lowest BCUT2D eigenvalue weighted by Crippen LogP contribution is -2.18. The standard InChI is InChI=1S/C11H10ClNO/c1-7-9(6-11(14)13-7)8-4-2-3-5-10(8)12/h2-6,11,13-14H,1H2. The molecule has 1 aliphatic rings. The zero-order valence-corrected chi connectivity index (χ0v) is 8.25. The van der Waals surface area contributed by atoms with Crippen molar-refractivity contribution in [3.63, 3.8) is 0 Å². The minimum absolute atomic E-state index is 0.659. The van der Waals surface area contributed by atoms with Crippen molar-refractivity contribution in [2.24, 2.45) is 0 Å². The topological polar surface area (TPSA) is 32.3 Å². The van der Waals surface area contributed by atoms with Crippen molar-refractivity contribution in [1.82, 2.24) is 5.32 Å². The first kappa shape index (κ1) is 9.31. The van der Waals surface area contributed by atoms with Gasteiger partial charge in [-0.1, -0.05) is 36.4 Å². The lowest BCUT2D eigenvalue weighted by Gasteiger charge is -2.06. The van der Waals surface area contributed by atoms with Gasteiger partial charge in [0, 0.05) is 21.9 Å². The maximum Gasteiger partial charge on any atom is 0.144 e. The zero-order valence-electron chi connectivity index (χ0n) is 7.50. The highest BCUT2D eigenvalue weighted by Gasteiger charge is 2.18. The number of aliphatic hydroxyl groups excluding tert-OH is 1. The van der Waals surface area contributed by atoms with Crippen LogP contribution in [0.25, 0.3) is 5.57 Å². The van der Waals surface area contributed by atoms with Crippen LogP contribution in [0.1, 0.15) is 5.56 Å². The first-order valence-corrected chi connectivity index (χ1v) is 4.67. The average Bonchev–Trinajstić information content (AvgIpc) is 2.46. The third-order valence-electron chi connectivity index (χ3n) is 2.14. The molecule has 1 aromatic carbocycles. The van der Waals surface area contributed by atoms with E-state index in [1.807, 2.05) is 24.3 Å². The van der Waals surface area contributed by atoms with Crippen LogP contribution in [0, 0.1) is 0 Å². The van der Waals surface area contributed by atoms with E-state index in [0.717, 1.165) is 11.1 Å². The first-order valence-electron chi connectivity index (χ1n) is 4.29. The largest absolute Gasteiger partial charge is 0.370 e. The quantitative estimate of drug-likeness (QED) is 0.740. The summed E-state index contributed by atoms with van der Waals surface area (Å²) in [7, 11) is 0. The molecule has 72 valence electrons. The SMILES string of the molecule is C=C1NC(O)C=C1c1ccccc1Cl. The van der Waals surface area contributed by atoms with Crippen molar-refractivity contribution in [3.05, 3.63) is 53.2 Å². The molecule has 2 nitrogen and oxygen atoms in total. The molecule has 2 rings (SSSR count). The summed E-state index contributed by atoms with van der Waals surface area (Å²) in [6, 6.07) is 7.49. The highest BCUT2D eigenvalue weighted by atomic mass is 35.5. The molecule has 1 aliphatic heterocycles. The van der Waals surface area contributed by atoms with Crippen molar-refractivity contribution >= 4 is 17.2 Å². The summed E-state index contributed by atoms with van der Waals surface area (Å²) in [5.74, 6) is 0. The molecular weight excluding hydrogens is 198 g/mol.